The van der Waals surface area contributed by atoms with Gasteiger partial charge < -0.3 is 34.6 Å². The van der Waals surface area contributed by atoms with Crippen molar-refractivity contribution >= 4 is 5.78 Å². The van der Waals surface area contributed by atoms with Gasteiger partial charge in [0, 0.05) is 18.3 Å². The standard InChI is InChI=1S/C25H25NO8/c1-2-14-3-5-16(26-12-14)13-33-20-9-15(4-6-19(20)32-8-7-27)25-24(31)23(30)22-18(29)10-17(28)11-21(22)34-25/h3-6,9-12,24-25,27-29,31H,2,7-8,13H2,1H3. The first-order chi connectivity index (χ1) is 16.4. The molecule has 2 heterocycles. The van der Waals surface area contributed by atoms with E-state index in [-0.39, 0.29) is 36.9 Å². The molecule has 0 saturated heterocycles. The second-order valence-electron chi connectivity index (χ2n) is 7.76. The first-order valence-corrected chi connectivity index (χ1v) is 10.8. The van der Waals surface area contributed by atoms with Crippen molar-refractivity contribution in [2.24, 2.45) is 0 Å². The predicted octanol–water partition coefficient (Wildman–Crippen LogP) is 2.68. The number of hydrogen-bond acceptors (Lipinski definition) is 9. The molecule has 1 aliphatic rings. The predicted molar refractivity (Wildman–Crippen MR) is 120 cm³/mol. The van der Waals surface area contributed by atoms with E-state index in [1.165, 1.54) is 6.07 Å². The number of Topliss-reactive ketones (excluding diaryl/α,β-unsaturated/α-hetero) is 1. The van der Waals surface area contributed by atoms with Crippen molar-refractivity contribution in [1.29, 1.82) is 0 Å². The highest BCUT2D eigenvalue weighted by Gasteiger charge is 2.39. The van der Waals surface area contributed by atoms with Gasteiger partial charge in [-0.25, -0.2) is 0 Å². The van der Waals surface area contributed by atoms with Crippen LogP contribution in [0.1, 0.15) is 40.2 Å². The number of aryl methyl sites for hydroxylation is 1. The number of rotatable bonds is 8. The molecular formula is C25H25NO8. The summed E-state index contributed by atoms with van der Waals surface area (Å²) in [7, 11) is 0. The van der Waals surface area contributed by atoms with Crippen molar-refractivity contribution in [2.45, 2.75) is 32.2 Å². The lowest BCUT2D eigenvalue weighted by molar-refractivity contribution is 0.0209. The number of carbonyl (C=O) groups is 1. The van der Waals surface area contributed by atoms with E-state index in [2.05, 4.69) is 4.98 Å². The number of pyridine rings is 1. The number of nitrogens with zero attached hydrogens (tertiary/aromatic N) is 1. The number of aliphatic hydroxyl groups is 2. The maximum Gasteiger partial charge on any atom is 0.202 e. The van der Waals surface area contributed by atoms with Gasteiger partial charge in [-0.1, -0.05) is 19.1 Å². The molecule has 4 N–H and O–H groups in total. The van der Waals surface area contributed by atoms with Crippen LogP contribution in [0.4, 0.5) is 0 Å². The van der Waals surface area contributed by atoms with Gasteiger partial charge in [0.25, 0.3) is 0 Å². The first-order valence-electron chi connectivity index (χ1n) is 10.8. The second-order valence-corrected chi connectivity index (χ2v) is 7.76. The third-order valence-electron chi connectivity index (χ3n) is 5.44. The van der Waals surface area contributed by atoms with Gasteiger partial charge in [0.2, 0.25) is 5.78 Å². The third-order valence-corrected chi connectivity index (χ3v) is 5.44. The number of ether oxygens (including phenoxy) is 3. The Morgan fingerprint density at radius 1 is 1.06 bits per heavy atom. The number of benzene rings is 2. The summed E-state index contributed by atoms with van der Waals surface area (Å²) < 4.78 is 17.3. The van der Waals surface area contributed by atoms with Gasteiger partial charge in [0.15, 0.2) is 23.7 Å². The Morgan fingerprint density at radius 3 is 2.59 bits per heavy atom. The zero-order chi connectivity index (χ0) is 24.2. The molecule has 0 saturated carbocycles. The summed E-state index contributed by atoms with van der Waals surface area (Å²) in [6.07, 6.45) is -0.0601. The molecule has 3 aromatic rings. The molecule has 1 aliphatic heterocycles. The Bertz CT molecular complexity index is 1180. The Morgan fingerprint density at radius 2 is 1.88 bits per heavy atom. The summed E-state index contributed by atoms with van der Waals surface area (Å²) in [5.74, 6) is -0.864. The highest BCUT2D eigenvalue weighted by Crippen LogP contribution is 2.43. The Hall–Kier alpha value is -3.82. The fourth-order valence-corrected chi connectivity index (χ4v) is 3.65. The smallest absolute Gasteiger partial charge is 0.202 e. The van der Waals surface area contributed by atoms with E-state index in [4.69, 9.17) is 19.3 Å². The molecule has 2 unspecified atom stereocenters. The van der Waals surface area contributed by atoms with Crippen LogP contribution in [-0.4, -0.2) is 50.5 Å². The zero-order valence-corrected chi connectivity index (χ0v) is 18.5. The molecule has 0 bridgehead atoms. The van der Waals surface area contributed by atoms with Crippen molar-refractivity contribution in [3.8, 4) is 28.7 Å². The van der Waals surface area contributed by atoms with Crippen molar-refractivity contribution in [1.82, 2.24) is 4.98 Å². The third kappa shape index (κ3) is 4.75. The van der Waals surface area contributed by atoms with Crippen LogP contribution >= 0.6 is 0 Å². The number of phenolic OH excluding ortho intramolecular Hbond substituents is 2. The molecule has 178 valence electrons. The van der Waals surface area contributed by atoms with Gasteiger partial charge in [0.1, 0.15) is 36.0 Å². The van der Waals surface area contributed by atoms with Crippen LogP contribution < -0.4 is 14.2 Å². The fourth-order valence-electron chi connectivity index (χ4n) is 3.65. The number of aliphatic hydroxyl groups excluding tert-OH is 2. The highest BCUT2D eigenvalue weighted by atomic mass is 16.5. The average molecular weight is 467 g/mol. The van der Waals surface area contributed by atoms with Crippen LogP contribution in [0.3, 0.4) is 0 Å². The number of aromatic hydroxyl groups is 2. The van der Waals surface area contributed by atoms with E-state index in [0.717, 1.165) is 18.1 Å². The Balaban J connectivity index is 1.63. The van der Waals surface area contributed by atoms with Crippen LogP contribution in [0.5, 0.6) is 28.7 Å². The van der Waals surface area contributed by atoms with Crippen molar-refractivity contribution < 1.29 is 39.4 Å². The molecule has 0 radical (unpaired) electrons. The monoisotopic (exact) mass is 467 g/mol. The second kappa shape index (κ2) is 9.98. The number of carbonyl (C=O) groups excluding carboxylic acids is 1. The lowest BCUT2D eigenvalue weighted by atomic mass is 9.92. The topological polar surface area (TPSA) is 139 Å². The minimum atomic E-state index is -1.59. The fraction of sp³-hybridized carbons (Fsp3) is 0.280. The molecule has 2 aromatic carbocycles. The maximum absolute atomic E-state index is 12.7. The number of hydrogen-bond donors (Lipinski definition) is 4. The van der Waals surface area contributed by atoms with Crippen LogP contribution in [0.2, 0.25) is 0 Å². The summed E-state index contributed by atoms with van der Waals surface area (Å²) in [6.45, 7) is 2.04. The molecule has 9 heteroatoms. The van der Waals surface area contributed by atoms with Crippen molar-refractivity contribution in [3.63, 3.8) is 0 Å². The van der Waals surface area contributed by atoms with E-state index in [9.17, 15) is 20.1 Å². The molecule has 4 rings (SSSR count). The van der Waals surface area contributed by atoms with E-state index in [1.54, 1.807) is 24.4 Å². The molecular weight excluding hydrogens is 442 g/mol. The summed E-state index contributed by atoms with van der Waals surface area (Å²) in [5, 5.41) is 39.6. The molecule has 0 amide bonds. The van der Waals surface area contributed by atoms with Gasteiger partial charge in [-0.2, -0.15) is 0 Å². The highest BCUT2D eigenvalue weighted by molar-refractivity contribution is 6.05. The minimum Gasteiger partial charge on any atom is -0.508 e. The van der Waals surface area contributed by atoms with Gasteiger partial charge >= 0.3 is 0 Å². The molecule has 1 aromatic heterocycles. The van der Waals surface area contributed by atoms with Crippen LogP contribution in [0, 0.1) is 0 Å². The molecule has 0 spiro atoms. The molecule has 0 fully saturated rings. The largest absolute Gasteiger partial charge is 0.508 e. The minimum absolute atomic E-state index is 0.0407. The first kappa shape index (κ1) is 23.3. The summed E-state index contributed by atoms with van der Waals surface area (Å²) in [5.41, 5.74) is 2.01. The lowest BCUT2D eigenvalue weighted by Crippen LogP contribution is -2.36. The maximum atomic E-state index is 12.7. The average Bonchev–Trinajstić information content (AvgIpc) is 2.83. The normalized spacial score (nSPS) is 17.1. The molecule has 34 heavy (non-hydrogen) atoms. The van der Waals surface area contributed by atoms with Gasteiger partial charge in [0.05, 0.1) is 12.3 Å². The van der Waals surface area contributed by atoms with E-state index in [1.807, 2.05) is 19.1 Å². The Kier molecular flexibility index (Phi) is 6.85. The summed E-state index contributed by atoms with van der Waals surface area (Å²) in [6, 6.07) is 10.8. The molecule has 2 atom stereocenters. The van der Waals surface area contributed by atoms with Gasteiger partial charge in [-0.05, 0) is 35.7 Å². The Labute approximate surface area is 195 Å². The number of phenols is 2. The summed E-state index contributed by atoms with van der Waals surface area (Å²) in [4.78, 5) is 17.1. The van der Waals surface area contributed by atoms with E-state index in [0.29, 0.717) is 22.8 Å². The van der Waals surface area contributed by atoms with Crippen LogP contribution in [-0.2, 0) is 13.0 Å². The summed E-state index contributed by atoms with van der Waals surface area (Å²) >= 11 is 0. The van der Waals surface area contributed by atoms with E-state index >= 15 is 0 Å². The zero-order valence-electron chi connectivity index (χ0n) is 18.5. The molecule has 0 aliphatic carbocycles. The van der Waals surface area contributed by atoms with Gasteiger partial charge in [-0.3, -0.25) is 9.78 Å². The quantitative estimate of drug-likeness (QED) is 0.394. The van der Waals surface area contributed by atoms with Gasteiger partial charge in [-0.15, -0.1) is 0 Å². The van der Waals surface area contributed by atoms with Crippen LogP contribution in [0.15, 0.2) is 48.7 Å². The van der Waals surface area contributed by atoms with E-state index < -0.39 is 23.7 Å². The number of aromatic nitrogens is 1. The number of ketones is 1. The van der Waals surface area contributed by atoms with Crippen molar-refractivity contribution in [3.05, 3.63) is 71.0 Å². The number of fused-ring (bicyclic) bond motifs is 1. The SMILES string of the molecule is CCc1ccc(COc2cc(C3Oc4cc(O)cc(O)c4C(=O)C3O)ccc2OCCO)nc1. The molecule has 9 nitrogen and oxygen atoms in total. The van der Waals surface area contributed by atoms with Crippen molar-refractivity contribution in [2.75, 3.05) is 13.2 Å². The van der Waals surface area contributed by atoms with Crippen LogP contribution in [0.25, 0.3) is 0 Å². The lowest BCUT2D eigenvalue weighted by Gasteiger charge is -2.30.